The normalized spacial score (nSPS) is 37.2. The van der Waals surface area contributed by atoms with Crippen LogP contribution in [0.5, 0.6) is 0 Å². The first kappa shape index (κ1) is 19.0. The van der Waals surface area contributed by atoms with Crippen LogP contribution in [0.15, 0.2) is 0 Å². The summed E-state index contributed by atoms with van der Waals surface area (Å²) in [5.74, 6) is 2.72. The predicted molar refractivity (Wildman–Crippen MR) is 96.6 cm³/mol. The minimum Gasteiger partial charge on any atom is -0.352 e. The summed E-state index contributed by atoms with van der Waals surface area (Å²) in [5.41, 5.74) is 6.28. The van der Waals surface area contributed by atoms with Crippen molar-refractivity contribution in [2.24, 2.45) is 28.9 Å². The fraction of sp³-hybridized carbons (Fsp3) is 0.944. The monoisotopic (exact) mass is 343 g/mol. The molecule has 1 aliphatic heterocycles. The van der Waals surface area contributed by atoms with Crippen LogP contribution in [0.1, 0.15) is 52.9 Å². The van der Waals surface area contributed by atoms with Crippen molar-refractivity contribution in [1.82, 2.24) is 10.2 Å². The number of piperidine rings is 1. The Morgan fingerprint density at radius 2 is 2.04 bits per heavy atom. The van der Waals surface area contributed by atoms with Crippen LogP contribution in [0.3, 0.4) is 0 Å². The molecule has 5 atom stereocenters. The molecule has 0 radical (unpaired) electrons. The highest BCUT2D eigenvalue weighted by molar-refractivity contribution is 5.85. The Balaban J connectivity index is 0.00000192. The van der Waals surface area contributed by atoms with E-state index in [9.17, 15) is 4.79 Å². The highest BCUT2D eigenvalue weighted by Gasteiger charge is 2.42. The average molecular weight is 344 g/mol. The van der Waals surface area contributed by atoms with Gasteiger partial charge < -0.3 is 11.1 Å². The second-order valence-corrected chi connectivity index (χ2v) is 8.79. The zero-order valence-corrected chi connectivity index (χ0v) is 15.7. The number of carbonyl (C=O) groups excluding carboxylic acids is 1. The number of hydrogen-bond acceptors (Lipinski definition) is 3. The molecule has 1 saturated heterocycles. The molecule has 1 amide bonds. The van der Waals surface area contributed by atoms with Crippen molar-refractivity contribution in [2.75, 3.05) is 19.6 Å². The molecule has 0 spiro atoms. The molecular formula is C18H34ClN3O. The Morgan fingerprint density at radius 1 is 1.30 bits per heavy atom. The molecular weight excluding hydrogens is 310 g/mol. The van der Waals surface area contributed by atoms with E-state index in [0.29, 0.717) is 18.5 Å². The fourth-order valence-corrected chi connectivity index (χ4v) is 5.14. The van der Waals surface area contributed by atoms with Crippen molar-refractivity contribution in [3.8, 4) is 0 Å². The van der Waals surface area contributed by atoms with Gasteiger partial charge in [0.05, 0.1) is 6.54 Å². The van der Waals surface area contributed by atoms with Crippen molar-refractivity contribution in [3.05, 3.63) is 0 Å². The van der Waals surface area contributed by atoms with Crippen LogP contribution in [0.25, 0.3) is 0 Å². The van der Waals surface area contributed by atoms with Crippen LogP contribution >= 0.6 is 12.4 Å². The minimum absolute atomic E-state index is 0. The second kappa shape index (κ2) is 7.28. The van der Waals surface area contributed by atoms with Crippen LogP contribution in [-0.2, 0) is 4.79 Å². The van der Waals surface area contributed by atoms with Crippen LogP contribution in [-0.4, -0.2) is 42.5 Å². The Hall–Kier alpha value is -0.320. The SMILES string of the molecule is CC(NC(=O)CN1CCC(N)C(C)(C)C1)C1CC2CCC1C2.Cl. The number of likely N-dealkylation sites (tertiary alicyclic amines) is 1. The summed E-state index contributed by atoms with van der Waals surface area (Å²) in [4.78, 5) is 14.7. The third-order valence-corrected chi connectivity index (χ3v) is 6.58. The lowest BCUT2D eigenvalue weighted by atomic mass is 9.80. The van der Waals surface area contributed by atoms with Gasteiger partial charge in [0.1, 0.15) is 0 Å². The summed E-state index contributed by atoms with van der Waals surface area (Å²) in [6.07, 6.45) is 6.53. The lowest BCUT2D eigenvalue weighted by Crippen LogP contribution is -2.55. The van der Waals surface area contributed by atoms with Crippen LogP contribution < -0.4 is 11.1 Å². The first-order chi connectivity index (χ1) is 10.3. The van der Waals surface area contributed by atoms with Gasteiger partial charge in [0.25, 0.3) is 0 Å². The Bertz CT molecular complexity index is 422. The zero-order valence-electron chi connectivity index (χ0n) is 14.9. The van der Waals surface area contributed by atoms with Gasteiger partial charge in [0.2, 0.25) is 5.91 Å². The van der Waals surface area contributed by atoms with Gasteiger partial charge in [-0.2, -0.15) is 0 Å². The third kappa shape index (κ3) is 4.21. The molecule has 4 nitrogen and oxygen atoms in total. The number of halogens is 1. The topological polar surface area (TPSA) is 58.4 Å². The third-order valence-electron chi connectivity index (χ3n) is 6.58. The van der Waals surface area contributed by atoms with Gasteiger partial charge in [-0.05, 0) is 55.8 Å². The first-order valence-corrected chi connectivity index (χ1v) is 9.12. The van der Waals surface area contributed by atoms with Gasteiger partial charge in [-0.15, -0.1) is 12.4 Å². The van der Waals surface area contributed by atoms with Gasteiger partial charge in [-0.3, -0.25) is 9.69 Å². The molecule has 0 aromatic heterocycles. The van der Waals surface area contributed by atoms with E-state index >= 15 is 0 Å². The molecule has 2 bridgehead atoms. The molecule has 134 valence electrons. The summed E-state index contributed by atoms with van der Waals surface area (Å²) in [6, 6.07) is 0.586. The Labute approximate surface area is 147 Å². The molecule has 3 rings (SSSR count). The highest BCUT2D eigenvalue weighted by atomic mass is 35.5. The van der Waals surface area contributed by atoms with E-state index in [1.165, 1.54) is 25.7 Å². The molecule has 3 fully saturated rings. The van der Waals surface area contributed by atoms with Gasteiger partial charge in [0, 0.05) is 25.2 Å². The number of carbonyl (C=O) groups is 1. The van der Waals surface area contributed by atoms with Crippen molar-refractivity contribution < 1.29 is 4.79 Å². The molecule has 1 heterocycles. The Morgan fingerprint density at radius 3 is 2.61 bits per heavy atom. The number of fused-ring (bicyclic) bond motifs is 2. The molecule has 2 aliphatic carbocycles. The van der Waals surface area contributed by atoms with E-state index in [1.54, 1.807) is 0 Å². The van der Waals surface area contributed by atoms with E-state index in [0.717, 1.165) is 31.3 Å². The van der Waals surface area contributed by atoms with Crippen LogP contribution in [0.2, 0.25) is 0 Å². The largest absolute Gasteiger partial charge is 0.352 e. The summed E-state index contributed by atoms with van der Waals surface area (Å²) < 4.78 is 0. The summed E-state index contributed by atoms with van der Waals surface area (Å²) in [5, 5.41) is 3.28. The van der Waals surface area contributed by atoms with E-state index in [2.05, 4.69) is 31.0 Å². The maximum atomic E-state index is 12.4. The van der Waals surface area contributed by atoms with Gasteiger partial charge in [-0.1, -0.05) is 20.3 Å². The van der Waals surface area contributed by atoms with E-state index < -0.39 is 0 Å². The quantitative estimate of drug-likeness (QED) is 0.824. The van der Waals surface area contributed by atoms with E-state index in [-0.39, 0.29) is 29.8 Å². The molecule has 5 unspecified atom stereocenters. The second-order valence-electron chi connectivity index (χ2n) is 8.79. The maximum absolute atomic E-state index is 12.4. The summed E-state index contributed by atoms with van der Waals surface area (Å²) in [6.45, 7) is 9.02. The van der Waals surface area contributed by atoms with E-state index in [4.69, 9.17) is 5.73 Å². The Kier molecular flexibility index (Phi) is 6.02. The van der Waals surface area contributed by atoms with Gasteiger partial charge >= 0.3 is 0 Å². The molecule has 2 saturated carbocycles. The number of nitrogens with two attached hydrogens (primary N) is 1. The molecule has 23 heavy (non-hydrogen) atoms. The predicted octanol–water partition coefficient (Wildman–Crippen LogP) is 2.41. The van der Waals surface area contributed by atoms with Crippen molar-refractivity contribution in [1.29, 1.82) is 0 Å². The average Bonchev–Trinajstić information content (AvgIpc) is 3.05. The minimum atomic E-state index is 0. The molecule has 3 N–H and O–H groups in total. The first-order valence-electron chi connectivity index (χ1n) is 9.12. The number of amides is 1. The summed E-state index contributed by atoms with van der Waals surface area (Å²) in [7, 11) is 0. The number of hydrogen-bond donors (Lipinski definition) is 2. The molecule has 3 aliphatic rings. The molecule has 5 heteroatoms. The van der Waals surface area contributed by atoms with Crippen molar-refractivity contribution in [3.63, 3.8) is 0 Å². The van der Waals surface area contributed by atoms with Crippen LogP contribution in [0, 0.1) is 23.2 Å². The van der Waals surface area contributed by atoms with Crippen LogP contribution in [0.4, 0.5) is 0 Å². The van der Waals surface area contributed by atoms with E-state index in [1.807, 2.05) is 0 Å². The maximum Gasteiger partial charge on any atom is 0.234 e. The van der Waals surface area contributed by atoms with Crippen molar-refractivity contribution >= 4 is 18.3 Å². The molecule has 0 aromatic rings. The number of rotatable bonds is 4. The lowest BCUT2D eigenvalue weighted by molar-refractivity contribution is -0.124. The summed E-state index contributed by atoms with van der Waals surface area (Å²) >= 11 is 0. The number of nitrogens with one attached hydrogen (secondary N) is 1. The highest BCUT2D eigenvalue weighted by Crippen LogP contribution is 2.49. The van der Waals surface area contributed by atoms with Gasteiger partial charge in [-0.25, -0.2) is 0 Å². The zero-order chi connectivity index (χ0) is 15.9. The smallest absolute Gasteiger partial charge is 0.234 e. The molecule has 0 aromatic carbocycles. The number of nitrogens with zero attached hydrogens (tertiary/aromatic N) is 1. The van der Waals surface area contributed by atoms with Gasteiger partial charge in [0.15, 0.2) is 0 Å². The lowest BCUT2D eigenvalue weighted by Gasteiger charge is -2.42. The van der Waals surface area contributed by atoms with Crippen molar-refractivity contribution in [2.45, 2.75) is 65.0 Å². The standard InChI is InChI=1S/C18H33N3O.ClH/c1-12(15-9-13-4-5-14(15)8-13)20-17(22)10-21-7-6-16(19)18(2,3)11-21;/h12-16H,4-11,19H2,1-3H3,(H,20,22);1H. The fourth-order valence-electron chi connectivity index (χ4n) is 5.14.